The van der Waals surface area contributed by atoms with Gasteiger partial charge in [0.05, 0.1) is 13.2 Å². The van der Waals surface area contributed by atoms with Crippen LogP contribution < -0.4 is 9.47 Å². The van der Waals surface area contributed by atoms with Crippen LogP contribution in [-0.4, -0.2) is 29.4 Å². The zero-order valence-electron chi connectivity index (χ0n) is 11.1. The van der Waals surface area contributed by atoms with E-state index in [4.69, 9.17) is 14.6 Å². The van der Waals surface area contributed by atoms with E-state index < -0.39 is 12.1 Å². The van der Waals surface area contributed by atoms with Gasteiger partial charge in [0.15, 0.2) is 17.6 Å². The molecule has 2 rings (SSSR count). The molecule has 6 heteroatoms. The quantitative estimate of drug-likeness (QED) is 0.858. The molecule has 2 N–H and O–H groups in total. The molecule has 1 aliphatic rings. The van der Waals surface area contributed by atoms with E-state index in [2.05, 4.69) is 15.9 Å². The van der Waals surface area contributed by atoms with Crippen molar-refractivity contribution in [3.05, 3.63) is 22.2 Å². The minimum atomic E-state index is -1.64. The van der Waals surface area contributed by atoms with Crippen molar-refractivity contribution in [1.29, 1.82) is 0 Å². The molecule has 0 amide bonds. The number of carbonyl (C=O) groups is 1. The van der Waals surface area contributed by atoms with Crippen LogP contribution in [0.2, 0.25) is 0 Å². The first-order chi connectivity index (χ1) is 9.52. The number of methoxy groups -OCH3 is 1. The average Bonchev–Trinajstić information content (AvgIpc) is 2.92. The van der Waals surface area contributed by atoms with Gasteiger partial charge in [-0.15, -0.1) is 0 Å². The number of carboxylic acid groups (broad SMARTS) is 1. The highest BCUT2D eigenvalue weighted by atomic mass is 79.9. The third-order valence-corrected chi connectivity index (χ3v) is 3.84. The fourth-order valence-corrected chi connectivity index (χ4v) is 2.83. The van der Waals surface area contributed by atoms with Gasteiger partial charge in [-0.1, -0.05) is 15.9 Å². The standard InChI is InChI=1S/C14H17BrO5/c1-19-11-7-8(15)6-10(12(16)14(17)18)13(11)20-9-4-2-3-5-9/h6-7,9,12,16H,2-5H2,1H3,(H,17,18). The van der Waals surface area contributed by atoms with E-state index in [0.29, 0.717) is 16.0 Å². The molecule has 20 heavy (non-hydrogen) atoms. The van der Waals surface area contributed by atoms with Gasteiger partial charge in [0, 0.05) is 10.0 Å². The molecule has 1 saturated carbocycles. The van der Waals surface area contributed by atoms with E-state index in [-0.39, 0.29) is 11.7 Å². The molecule has 0 aliphatic heterocycles. The smallest absolute Gasteiger partial charge is 0.337 e. The number of benzene rings is 1. The molecule has 1 aromatic rings. The normalized spacial score (nSPS) is 16.9. The summed E-state index contributed by atoms with van der Waals surface area (Å²) >= 11 is 3.28. The first kappa shape index (κ1) is 15.1. The number of aliphatic hydroxyl groups excluding tert-OH is 1. The van der Waals surface area contributed by atoms with Gasteiger partial charge in [-0.3, -0.25) is 0 Å². The number of hydrogen-bond acceptors (Lipinski definition) is 4. The minimum Gasteiger partial charge on any atom is -0.493 e. The molecule has 0 aromatic heterocycles. The maximum absolute atomic E-state index is 11.0. The van der Waals surface area contributed by atoms with Crippen LogP contribution in [0, 0.1) is 0 Å². The molecule has 1 aromatic carbocycles. The van der Waals surface area contributed by atoms with Gasteiger partial charge in [-0.2, -0.15) is 0 Å². The third-order valence-electron chi connectivity index (χ3n) is 3.38. The zero-order chi connectivity index (χ0) is 14.7. The van der Waals surface area contributed by atoms with Crippen LogP contribution in [0.25, 0.3) is 0 Å². The lowest BCUT2D eigenvalue weighted by molar-refractivity contribution is -0.147. The number of aliphatic carboxylic acids is 1. The average molecular weight is 345 g/mol. The molecule has 5 nitrogen and oxygen atoms in total. The predicted octanol–water partition coefficient (Wildman–Crippen LogP) is 2.90. The van der Waals surface area contributed by atoms with Crippen LogP contribution in [0.15, 0.2) is 16.6 Å². The second-order valence-electron chi connectivity index (χ2n) is 4.79. The summed E-state index contributed by atoms with van der Waals surface area (Å²) in [5.41, 5.74) is 0.204. The molecular formula is C14H17BrO5. The largest absolute Gasteiger partial charge is 0.493 e. The summed E-state index contributed by atoms with van der Waals surface area (Å²) in [6.07, 6.45) is 2.47. The molecule has 0 heterocycles. The molecule has 1 atom stereocenters. The van der Waals surface area contributed by atoms with Crippen molar-refractivity contribution >= 4 is 21.9 Å². The second kappa shape index (κ2) is 6.45. The van der Waals surface area contributed by atoms with E-state index in [9.17, 15) is 9.90 Å². The lowest BCUT2D eigenvalue weighted by Crippen LogP contribution is -2.17. The van der Waals surface area contributed by atoms with Crippen LogP contribution in [0.5, 0.6) is 11.5 Å². The van der Waals surface area contributed by atoms with Crippen LogP contribution in [0.4, 0.5) is 0 Å². The number of carboxylic acids is 1. The van der Waals surface area contributed by atoms with Gasteiger partial charge in [-0.25, -0.2) is 4.79 Å². The number of halogens is 1. The molecule has 110 valence electrons. The summed E-state index contributed by atoms with van der Waals surface area (Å²) in [7, 11) is 1.49. The van der Waals surface area contributed by atoms with Crippen LogP contribution in [0.1, 0.15) is 37.4 Å². The maximum atomic E-state index is 11.0. The van der Waals surface area contributed by atoms with Gasteiger partial charge in [0.1, 0.15) is 0 Å². The Bertz CT molecular complexity index is 497. The predicted molar refractivity (Wildman–Crippen MR) is 76.2 cm³/mol. The monoisotopic (exact) mass is 344 g/mol. The molecule has 1 aliphatic carbocycles. The summed E-state index contributed by atoms with van der Waals surface area (Å²) in [6.45, 7) is 0. The summed E-state index contributed by atoms with van der Waals surface area (Å²) in [4.78, 5) is 11.0. The summed E-state index contributed by atoms with van der Waals surface area (Å²) in [5, 5.41) is 18.9. The number of rotatable bonds is 5. The third kappa shape index (κ3) is 3.24. The molecule has 0 radical (unpaired) electrons. The molecule has 0 saturated heterocycles. The summed E-state index contributed by atoms with van der Waals surface area (Å²) in [5.74, 6) is -0.583. The highest BCUT2D eigenvalue weighted by Gasteiger charge is 2.27. The highest BCUT2D eigenvalue weighted by Crippen LogP contribution is 2.40. The van der Waals surface area contributed by atoms with Gasteiger partial charge >= 0.3 is 5.97 Å². The number of aliphatic hydroxyl groups is 1. The Balaban J connectivity index is 2.40. The van der Waals surface area contributed by atoms with E-state index in [1.807, 2.05) is 0 Å². The van der Waals surface area contributed by atoms with Crippen molar-refractivity contribution in [3.63, 3.8) is 0 Å². The molecule has 0 bridgehead atoms. The fraction of sp³-hybridized carbons (Fsp3) is 0.500. The van der Waals surface area contributed by atoms with Crippen molar-refractivity contribution in [1.82, 2.24) is 0 Å². The van der Waals surface area contributed by atoms with Crippen LogP contribution in [-0.2, 0) is 4.79 Å². The number of hydrogen-bond donors (Lipinski definition) is 2. The van der Waals surface area contributed by atoms with E-state index in [1.54, 1.807) is 12.1 Å². The van der Waals surface area contributed by atoms with Crippen molar-refractivity contribution in [2.24, 2.45) is 0 Å². The van der Waals surface area contributed by atoms with E-state index in [1.165, 1.54) is 7.11 Å². The molecule has 1 unspecified atom stereocenters. The Morgan fingerprint density at radius 3 is 2.60 bits per heavy atom. The Morgan fingerprint density at radius 1 is 1.40 bits per heavy atom. The number of ether oxygens (including phenoxy) is 2. The highest BCUT2D eigenvalue weighted by molar-refractivity contribution is 9.10. The van der Waals surface area contributed by atoms with Gasteiger partial charge in [0.25, 0.3) is 0 Å². The maximum Gasteiger partial charge on any atom is 0.337 e. The first-order valence-electron chi connectivity index (χ1n) is 6.48. The van der Waals surface area contributed by atoms with E-state index >= 15 is 0 Å². The fourth-order valence-electron chi connectivity index (χ4n) is 2.38. The van der Waals surface area contributed by atoms with E-state index in [0.717, 1.165) is 25.7 Å². The zero-order valence-corrected chi connectivity index (χ0v) is 12.7. The Hall–Kier alpha value is -1.27. The van der Waals surface area contributed by atoms with Crippen molar-refractivity contribution < 1.29 is 24.5 Å². The van der Waals surface area contributed by atoms with Crippen LogP contribution in [0.3, 0.4) is 0 Å². The summed E-state index contributed by atoms with van der Waals surface area (Å²) in [6, 6.07) is 3.24. The first-order valence-corrected chi connectivity index (χ1v) is 7.27. The SMILES string of the molecule is COc1cc(Br)cc(C(O)C(=O)O)c1OC1CCCC1. The topological polar surface area (TPSA) is 76.0 Å². The molecule has 1 fully saturated rings. The lowest BCUT2D eigenvalue weighted by Gasteiger charge is -2.20. The van der Waals surface area contributed by atoms with Gasteiger partial charge in [0.2, 0.25) is 0 Å². The van der Waals surface area contributed by atoms with Gasteiger partial charge < -0.3 is 19.7 Å². The molecule has 0 spiro atoms. The molecular weight excluding hydrogens is 328 g/mol. The van der Waals surface area contributed by atoms with Crippen LogP contribution >= 0.6 is 15.9 Å². The van der Waals surface area contributed by atoms with Crippen molar-refractivity contribution in [3.8, 4) is 11.5 Å². The Kier molecular flexibility index (Phi) is 4.88. The Morgan fingerprint density at radius 2 is 2.05 bits per heavy atom. The van der Waals surface area contributed by atoms with Crippen molar-refractivity contribution in [2.45, 2.75) is 37.9 Å². The Labute approximate surface area is 125 Å². The second-order valence-corrected chi connectivity index (χ2v) is 5.71. The summed E-state index contributed by atoms with van der Waals surface area (Å²) < 4.78 is 11.8. The van der Waals surface area contributed by atoms with Crippen molar-refractivity contribution in [2.75, 3.05) is 7.11 Å². The van der Waals surface area contributed by atoms with Gasteiger partial charge in [-0.05, 0) is 37.8 Å². The lowest BCUT2D eigenvalue weighted by atomic mass is 10.1. The minimum absolute atomic E-state index is 0.0461.